The highest BCUT2D eigenvalue weighted by atomic mass is 16.2. The van der Waals surface area contributed by atoms with Crippen LogP contribution >= 0.6 is 0 Å². The lowest BCUT2D eigenvalue weighted by molar-refractivity contribution is -0.135. The molecule has 0 aliphatic carbocycles. The smallest absolute Gasteiger partial charge is 0.226 e. The van der Waals surface area contributed by atoms with E-state index in [-0.39, 0.29) is 17.7 Å². The van der Waals surface area contributed by atoms with Crippen LogP contribution in [0.4, 0.5) is 0 Å². The van der Waals surface area contributed by atoms with Crippen LogP contribution in [0.25, 0.3) is 0 Å². The van der Waals surface area contributed by atoms with Crippen LogP contribution in [-0.2, 0) is 22.4 Å². The Kier molecular flexibility index (Phi) is 6.64. The maximum Gasteiger partial charge on any atom is 0.226 e. The SMILES string of the molecule is Cc1cccc(CC(=O)N2CCC(C(=O)NCCc3ccccc3)CC2)c1. The van der Waals surface area contributed by atoms with Crippen LogP contribution in [0, 0.1) is 12.8 Å². The zero-order valence-corrected chi connectivity index (χ0v) is 16.0. The van der Waals surface area contributed by atoms with E-state index in [2.05, 4.69) is 23.5 Å². The van der Waals surface area contributed by atoms with Crippen LogP contribution in [0.2, 0.25) is 0 Å². The minimum absolute atomic E-state index is 0.0174. The van der Waals surface area contributed by atoms with Crippen molar-refractivity contribution in [2.45, 2.75) is 32.6 Å². The van der Waals surface area contributed by atoms with Crippen molar-refractivity contribution in [1.82, 2.24) is 10.2 Å². The minimum atomic E-state index is 0.0174. The Morgan fingerprint density at radius 1 is 1.00 bits per heavy atom. The summed E-state index contributed by atoms with van der Waals surface area (Å²) in [4.78, 5) is 26.8. The first-order valence-electron chi connectivity index (χ1n) is 9.77. The Bertz CT molecular complexity index is 765. The van der Waals surface area contributed by atoms with E-state index < -0.39 is 0 Å². The topological polar surface area (TPSA) is 49.4 Å². The number of carbonyl (C=O) groups is 2. The molecule has 0 saturated carbocycles. The first-order valence-corrected chi connectivity index (χ1v) is 9.77. The zero-order valence-electron chi connectivity index (χ0n) is 16.0. The van der Waals surface area contributed by atoms with Crippen LogP contribution in [0.1, 0.15) is 29.5 Å². The standard InChI is InChI=1S/C23H28N2O2/c1-18-6-5-9-20(16-18)17-22(26)25-14-11-21(12-15-25)23(27)24-13-10-19-7-3-2-4-8-19/h2-9,16,21H,10-15,17H2,1H3,(H,24,27). The molecule has 1 N–H and O–H groups in total. The third-order valence-electron chi connectivity index (χ3n) is 5.21. The molecule has 4 nitrogen and oxygen atoms in total. The lowest BCUT2D eigenvalue weighted by Crippen LogP contribution is -2.43. The normalized spacial score (nSPS) is 14.8. The number of carbonyl (C=O) groups excluding carboxylic acids is 2. The van der Waals surface area contributed by atoms with E-state index in [1.54, 1.807) is 0 Å². The second-order valence-corrected chi connectivity index (χ2v) is 7.35. The molecule has 0 atom stereocenters. The predicted molar refractivity (Wildman–Crippen MR) is 107 cm³/mol. The van der Waals surface area contributed by atoms with E-state index in [1.165, 1.54) is 11.1 Å². The van der Waals surface area contributed by atoms with Gasteiger partial charge in [-0.2, -0.15) is 0 Å². The first kappa shape index (κ1) is 19.2. The van der Waals surface area contributed by atoms with E-state index in [1.807, 2.05) is 48.2 Å². The number of hydrogen-bond acceptors (Lipinski definition) is 2. The van der Waals surface area contributed by atoms with Gasteiger partial charge in [0, 0.05) is 25.6 Å². The molecule has 0 aromatic heterocycles. The molecule has 1 fully saturated rings. The summed E-state index contributed by atoms with van der Waals surface area (Å²) in [6.07, 6.45) is 2.78. The van der Waals surface area contributed by atoms with Crippen LogP contribution in [0.3, 0.4) is 0 Å². The average molecular weight is 364 g/mol. The molecule has 1 heterocycles. The summed E-state index contributed by atoms with van der Waals surface area (Å²) in [5, 5.41) is 3.05. The van der Waals surface area contributed by atoms with Crippen LogP contribution in [-0.4, -0.2) is 36.3 Å². The Hall–Kier alpha value is -2.62. The molecule has 2 amide bonds. The maximum absolute atomic E-state index is 12.5. The number of nitrogens with one attached hydrogen (secondary N) is 1. The molecule has 27 heavy (non-hydrogen) atoms. The lowest BCUT2D eigenvalue weighted by atomic mass is 9.95. The fourth-order valence-electron chi connectivity index (χ4n) is 3.62. The van der Waals surface area contributed by atoms with Gasteiger partial charge in [-0.25, -0.2) is 0 Å². The molecule has 0 bridgehead atoms. The number of aryl methyl sites for hydroxylation is 1. The molecule has 2 aromatic rings. The van der Waals surface area contributed by atoms with Crippen molar-refractivity contribution >= 4 is 11.8 Å². The Morgan fingerprint density at radius 2 is 1.70 bits per heavy atom. The summed E-state index contributed by atoms with van der Waals surface area (Å²) < 4.78 is 0. The van der Waals surface area contributed by atoms with Gasteiger partial charge in [0.2, 0.25) is 11.8 Å². The van der Waals surface area contributed by atoms with Crippen LogP contribution < -0.4 is 5.32 Å². The molecule has 142 valence electrons. The van der Waals surface area contributed by atoms with Crippen LogP contribution in [0.15, 0.2) is 54.6 Å². The summed E-state index contributed by atoms with van der Waals surface area (Å²) in [5.41, 5.74) is 3.46. The summed E-state index contributed by atoms with van der Waals surface area (Å²) in [7, 11) is 0. The quantitative estimate of drug-likeness (QED) is 0.856. The minimum Gasteiger partial charge on any atom is -0.356 e. The summed E-state index contributed by atoms with van der Waals surface area (Å²) in [6, 6.07) is 18.3. The number of rotatable bonds is 6. The molecule has 2 aromatic carbocycles. The number of piperidine rings is 1. The molecule has 4 heteroatoms. The van der Waals surface area contributed by atoms with E-state index in [0.717, 1.165) is 24.8 Å². The van der Waals surface area contributed by atoms with Crippen molar-refractivity contribution in [3.63, 3.8) is 0 Å². The molecule has 0 unspecified atom stereocenters. The highest BCUT2D eigenvalue weighted by molar-refractivity contribution is 5.81. The Morgan fingerprint density at radius 3 is 2.41 bits per heavy atom. The largest absolute Gasteiger partial charge is 0.356 e. The third kappa shape index (κ3) is 5.68. The fraction of sp³-hybridized carbons (Fsp3) is 0.391. The molecule has 1 aliphatic heterocycles. The first-order chi connectivity index (χ1) is 13.1. The lowest BCUT2D eigenvalue weighted by Gasteiger charge is -2.31. The van der Waals surface area contributed by atoms with E-state index in [4.69, 9.17) is 0 Å². The molecule has 3 rings (SSSR count). The molecule has 0 spiro atoms. The highest BCUT2D eigenvalue weighted by Gasteiger charge is 2.27. The summed E-state index contributed by atoms with van der Waals surface area (Å²) >= 11 is 0. The van der Waals surface area contributed by atoms with Crippen molar-refractivity contribution in [2.75, 3.05) is 19.6 Å². The van der Waals surface area contributed by atoms with Gasteiger partial charge in [0.15, 0.2) is 0 Å². The van der Waals surface area contributed by atoms with Crippen LogP contribution in [0.5, 0.6) is 0 Å². The maximum atomic E-state index is 12.5. The number of hydrogen-bond donors (Lipinski definition) is 1. The van der Waals surface area contributed by atoms with Gasteiger partial charge in [-0.05, 0) is 37.3 Å². The third-order valence-corrected chi connectivity index (χ3v) is 5.21. The average Bonchev–Trinajstić information content (AvgIpc) is 2.69. The Labute approximate surface area is 161 Å². The molecule has 0 radical (unpaired) electrons. The summed E-state index contributed by atoms with van der Waals surface area (Å²) in [5.74, 6) is 0.295. The number of amides is 2. The zero-order chi connectivity index (χ0) is 19.1. The highest BCUT2D eigenvalue weighted by Crippen LogP contribution is 2.18. The van der Waals surface area contributed by atoms with Crippen molar-refractivity contribution in [3.8, 4) is 0 Å². The van der Waals surface area contributed by atoms with Gasteiger partial charge in [-0.1, -0.05) is 60.2 Å². The molecule has 1 saturated heterocycles. The van der Waals surface area contributed by atoms with Gasteiger partial charge < -0.3 is 10.2 Å². The monoisotopic (exact) mass is 364 g/mol. The van der Waals surface area contributed by atoms with Crippen molar-refractivity contribution in [1.29, 1.82) is 0 Å². The van der Waals surface area contributed by atoms with E-state index in [9.17, 15) is 9.59 Å². The number of benzene rings is 2. The molecule has 1 aliphatic rings. The second-order valence-electron chi connectivity index (χ2n) is 7.35. The van der Waals surface area contributed by atoms with Gasteiger partial charge in [0.05, 0.1) is 6.42 Å². The van der Waals surface area contributed by atoms with E-state index in [0.29, 0.717) is 26.1 Å². The van der Waals surface area contributed by atoms with Gasteiger partial charge >= 0.3 is 0 Å². The van der Waals surface area contributed by atoms with Gasteiger partial charge in [-0.3, -0.25) is 9.59 Å². The second kappa shape index (κ2) is 9.36. The van der Waals surface area contributed by atoms with Gasteiger partial charge in [-0.15, -0.1) is 0 Å². The Balaban J connectivity index is 1.40. The van der Waals surface area contributed by atoms with Crippen molar-refractivity contribution in [2.24, 2.45) is 5.92 Å². The molecular weight excluding hydrogens is 336 g/mol. The van der Waals surface area contributed by atoms with E-state index >= 15 is 0 Å². The van der Waals surface area contributed by atoms with Crippen molar-refractivity contribution in [3.05, 3.63) is 71.3 Å². The summed E-state index contributed by atoms with van der Waals surface area (Å²) in [6.45, 7) is 4.04. The number of nitrogens with zero attached hydrogens (tertiary/aromatic N) is 1. The van der Waals surface area contributed by atoms with Crippen molar-refractivity contribution < 1.29 is 9.59 Å². The van der Waals surface area contributed by atoms with Gasteiger partial charge in [0.25, 0.3) is 0 Å². The fourth-order valence-corrected chi connectivity index (χ4v) is 3.62. The predicted octanol–water partition coefficient (Wildman–Crippen LogP) is 3.14. The molecular formula is C23H28N2O2. The number of likely N-dealkylation sites (tertiary alicyclic amines) is 1. The van der Waals surface area contributed by atoms with Gasteiger partial charge in [0.1, 0.15) is 0 Å².